The third-order valence-corrected chi connectivity index (χ3v) is 6.30. The smallest absolute Gasteiger partial charge is 0.220 e. The molecule has 1 unspecified atom stereocenters. The zero-order chi connectivity index (χ0) is 21.3. The maximum atomic E-state index is 12.3. The zero-order valence-electron chi connectivity index (χ0n) is 17.7. The molecule has 1 N–H and O–H groups in total. The van der Waals surface area contributed by atoms with Crippen LogP contribution in [0.1, 0.15) is 53.9 Å². The lowest BCUT2D eigenvalue weighted by molar-refractivity contribution is -0.121. The molecule has 0 aliphatic carbocycles. The second kappa shape index (κ2) is 11.1. The fourth-order valence-electron chi connectivity index (χ4n) is 3.66. The number of benzene rings is 1. The topological polar surface area (TPSA) is 67.9 Å². The van der Waals surface area contributed by atoms with Crippen LogP contribution in [0, 0.1) is 0 Å². The quantitative estimate of drug-likeness (QED) is 0.430. The lowest BCUT2D eigenvalue weighted by Crippen LogP contribution is -2.36. The number of nitrogens with one attached hydrogen (secondary N) is 1. The van der Waals surface area contributed by atoms with E-state index in [0.29, 0.717) is 43.1 Å². The summed E-state index contributed by atoms with van der Waals surface area (Å²) < 4.78 is 11.1. The first-order valence-electron chi connectivity index (χ1n) is 10.4. The second-order valence-corrected chi connectivity index (χ2v) is 8.43. The maximum Gasteiger partial charge on any atom is 0.220 e. The Morgan fingerprint density at radius 1 is 1.20 bits per heavy atom. The molecular weight excluding hydrogens is 400 g/mol. The van der Waals surface area contributed by atoms with Crippen LogP contribution in [0.25, 0.3) is 0 Å². The van der Waals surface area contributed by atoms with E-state index >= 15 is 0 Å². The summed E-state index contributed by atoms with van der Waals surface area (Å²) in [5.41, 5.74) is 0.580. The minimum atomic E-state index is -0.0219. The monoisotopic (exact) mass is 430 g/mol. The minimum absolute atomic E-state index is 0.0219. The van der Waals surface area contributed by atoms with E-state index < -0.39 is 0 Å². The van der Waals surface area contributed by atoms with E-state index in [1.807, 2.05) is 0 Å². The van der Waals surface area contributed by atoms with Gasteiger partial charge in [0.1, 0.15) is 0 Å². The highest BCUT2D eigenvalue weighted by atomic mass is 32.1. The van der Waals surface area contributed by atoms with E-state index in [0.717, 1.165) is 13.1 Å². The van der Waals surface area contributed by atoms with Gasteiger partial charge in [0.2, 0.25) is 5.91 Å². The van der Waals surface area contributed by atoms with Gasteiger partial charge in [-0.1, -0.05) is 6.07 Å². The Morgan fingerprint density at radius 3 is 2.67 bits per heavy atom. The molecular formula is C23H30N2O4S. The molecule has 0 radical (unpaired) electrons. The molecule has 0 spiro atoms. The average Bonchev–Trinajstić information content (AvgIpc) is 3.46. The molecule has 0 bridgehead atoms. The number of ether oxygens (including phenoxy) is 2. The van der Waals surface area contributed by atoms with Crippen LogP contribution in [0.3, 0.4) is 0 Å². The Labute approximate surface area is 182 Å². The van der Waals surface area contributed by atoms with Gasteiger partial charge in [0, 0.05) is 23.4 Å². The number of methoxy groups -OCH3 is 1. The molecule has 1 aliphatic rings. The molecule has 1 fully saturated rings. The minimum Gasteiger partial charge on any atom is -0.493 e. The van der Waals surface area contributed by atoms with Gasteiger partial charge in [0.05, 0.1) is 19.8 Å². The number of hydrogen-bond donors (Lipinski definition) is 1. The van der Waals surface area contributed by atoms with Crippen LogP contribution in [0.4, 0.5) is 0 Å². The zero-order valence-corrected chi connectivity index (χ0v) is 18.5. The van der Waals surface area contributed by atoms with Crippen LogP contribution in [-0.4, -0.2) is 49.9 Å². The van der Waals surface area contributed by atoms with Crippen molar-refractivity contribution in [2.45, 2.75) is 38.6 Å². The van der Waals surface area contributed by atoms with Crippen LogP contribution in [-0.2, 0) is 4.79 Å². The van der Waals surface area contributed by atoms with Crippen LogP contribution >= 0.6 is 11.3 Å². The third kappa shape index (κ3) is 6.06. The Kier molecular flexibility index (Phi) is 8.28. The van der Waals surface area contributed by atoms with Crippen molar-refractivity contribution in [1.82, 2.24) is 10.2 Å². The molecule has 1 atom stereocenters. The molecule has 2 aromatic rings. The van der Waals surface area contributed by atoms with Gasteiger partial charge in [-0.15, -0.1) is 11.3 Å². The lowest BCUT2D eigenvalue weighted by Gasteiger charge is -2.26. The molecule has 3 rings (SSSR count). The molecule has 162 valence electrons. The van der Waals surface area contributed by atoms with Crippen molar-refractivity contribution in [3.63, 3.8) is 0 Å². The average molecular weight is 431 g/mol. The van der Waals surface area contributed by atoms with E-state index in [9.17, 15) is 9.59 Å². The van der Waals surface area contributed by atoms with Gasteiger partial charge >= 0.3 is 0 Å². The van der Waals surface area contributed by atoms with E-state index in [-0.39, 0.29) is 17.7 Å². The van der Waals surface area contributed by atoms with Crippen molar-refractivity contribution < 1.29 is 19.1 Å². The van der Waals surface area contributed by atoms with Gasteiger partial charge in [-0.05, 0) is 68.9 Å². The second-order valence-electron chi connectivity index (χ2n) is 7.45. The number of amides is 1. The number of nitrogens with zero attached hydrogens (tertiary/aromatic N) is 1. The van der Waals surface area contributed by atoms with Crippen LogP contribution < -0.4 is 14.8 Å². The number of rotatable bonds is 11. The van der Waals surface area contributed by atoms with E-state index in [1.54, 1.807) is 36.6 Å². The highest BCUT2D eigenvalue weighted by molar-refractivity contribution is 7.10. The van der Waals surface area contributed by atoms with Gasteiger partial charge in [0.15, 0.2) is 17.3 Å². The summed E-state index contributed by atoms with van der Waals surface area (Å²) >= 11 is 1.75. The van der Waals surface area contributed by atoms with Crippen LogP contribution in [0.2, 0.25) is 0 Å². The summed E-state index contributed by atoms with van der Waals surface area (Å²) in [6, 6.07) is 9.61. The number of likely N-dealkylation sites (tertiary alicyclic amines) is 1. The molecule has 1 aromatic carbocycles. The predicted octanol–water partition coefficient (Wildman–Crippen LogP) is 4.07. The number of hydrogen-bond acceptors (Lipinski definition) is 6. The molecule has 1 aliphatic heterocycles. The van der Waals surface area contributed by atoms with E-state index in [1.165, 1.54) is 24.6 Å². The summed E-state index contributed by atoms with van der Waals surface area (Å²) in [7, 11) is 1.55. The van der Waals surface area contributed by atoms with Gasteiger partial charge in [-0.25, -0.2) is 0 Å². The number of thiophene rings is 1. The van der Waals surface area contributed by atoms with Crippen molar-refractivity contribution in [2.24, 2.45) is 0 Å². The Morgan fingerprint density at radius 2 is 2.00 bits per heavy atom. The van der Waals surface area contributed by atoms with Crippen LogP contribution in [0.5, 0.6) is 11.5 Å². The standard InChI is InChI=1S/C23H30N2O4S/c1-17(26)18-9-10-20(21(15-18)28-2)29-13-5-8-23(27)24-16-19(22-7-6-14-30-22)25-11-3-4-12-25/h6-7,9-10,14-15,19H,3-5,8,11-13,16H2,1-2H3,(H,24,27). The SMILES string of the molecule is COc1cc(C(C)=O)ccc1OCCCC(=O)NCC(c1cccs1)N1CCCC1. The molecule has 1 aromatic heterocycles. The summed E-state index contributed by atoms with van der Waals surface area (Å²) in [5.74, 6) is 1.12. The summed E-state index contributed by atoms with van der Waals surface area (Å²) in [4.78, 5) is 27.6. The molecule has 1 amide bonds. The predicted molar refractivity (Wildman–Crippen MR) is 119 cm³/mol. The molecule has 30 heavy (non-hydrogen) atoms. The third-order valence-electron chi connectivity index (χ3n) is 5.32. The molecule has 1 saturated heterocycles. The number of carbonyl (C=O) groups is 2. The lowest BCUT2D eigenvalue weighted by atomic mass is 10.1. The summed E-state index contributed by atoms with van der Waals surface area (Å²) in [6.45, 7) is 4.75. The van der Waals surface area contributed by atoms with Gasteiger partial charge in [-0.2, -0.15) is 0 Å². The van der Waals surface area contributed by atoms with Crippen molar-refractivity contribution in [2.75, 3.05) is 33.4 Å². The van der Waals surface area contributed by atoms with Crippen molar-refractivity contribution in [1.29, 1.82) is 0 Å². The largest absolute Gasteiger partial charge is 0.493 e. The Bertz CT molecular complexity index is 832. The highest BCUT2D eigenvalue weighted by Gasteiger charge is 2.24. The molecule has 7 heteroatoms. The van der Waals surface area contributed by atoms with E-state index in [4.69, 9.17) is 9.47 Å². The van der Waals surface area contributed by atoms with Gasteiger partial charge in [0.25, 0.3) is 0 Å². The number of Topliss-reactive ketones (excluding diaryl/α,β-unsaturated/α-hetero) is 1. The van der Waals surface area contributed by atoms with Crippen LogP contribution in [0.15, 0.2) is 35.7 Å². The van der Waals surface area contributed by atoms with Crippen molar-refractivity contribution >= 4 is 23.0 Å². The number of ketones is 1. The fourth-order valence-corrected chi connectivity index (χ4v) is 4.52. The first-order chi connectivity index (χ1) is 14.6. The van der Waals surface area contributed by atoms with E-state index in [2.05, 4.69) is 27.7 Å². The first-order valence-corrected chi connectivity index (χ1v) is 11.3. The van der Waals surface area contributed by atoms with Gasteiger partial charge < -0.3 is 14.8 Å². The molecule has 6 nitrogen and oxygen atoms in total. The number of carbonyl (C=O) groups excluding carboxylic acids is 2. The van der Waals surface area contributed by atoms with Gasteiger partial charge in [-0.3, -0.25) is 14.5 Å². The summed E-state index contributed by atoms with van der Waals surface area (Å²) in [6.07, 6.45) is 3.47. The molecule has 0 saturated carbocycles. The van der Waals surface area contributed by atoms with Crippen molar-refractivity contribution in [3.8, 4) is 11.5 Å². The first kappa shape index (κ1) is 22.3. The summed E-state index contributed by atoms with van der Waals surface area (Å²) in [5, 5.41) is 5.19. The normalized spacial score (nSPS) is 15.0. The Hall–Kier alpha value is -2.38. The van der Waals surface area contributed by atoms with Crippen molar-refractivity contribution in [3.05, 3.63) is 46.2 Å². The highest BCUT2D eigenvalue weighted by Crippen LogP contribution is 2.29. The fraction of sp³-hybridized carbons (Fsp3) is 0.478. The Balaban J connectivity index is 1.43. The molecule has 2 heterocycles. The maximum absolute atomic E-state index is 12.3.